The molecule has 2 aromatic carbocycles. The third-order valence-corrected chi connectivity index (χ3v) is 8.55. The molecule has 1 aliphatic rings. The highest BCUT2D eigenvalue weighted by molar-refractivity contribution is 6.35. The van der Waals surface area contributed by atoms with Gasteiger partial charge in [-0.1, -0.05) is 23.2 Å². The summed E-state index contributed by atoms with van der Waals surface area (Å²) in [6.45, 7) is 7.26. The Balaban J connectivity index is 1.08. The van der Waals surface area contributed by atoms with Gasteiger partial charge in [0, 0.05) is 30.5 Å². The average molecular weight is 623 g/mol. The van der Waals surface area contributed by atoms with Crippen molar-refractivity contribution in [1.82, 2.24) is 33.8 Å². The van der Waals surface area contributed by atoms with Crippen LogP contribution in [-0.2, 0) is 32.8 Å². The monoisotopic (exact) mass is 621 g/mol. The molecule has 0 radical (unpaired) electrons. The molecule has 1 fully saturated rings. The number of carboxylic acid groups (broad SMARTS) is 1. The largest absolute Gasteiger partial charge is 0.486 e. The van der Waals surface area contributed by atoms with Crippen LogP contribution in [0.5, 0.6) is 5.75 Å². The third-order valence-electron chi connectivity index (χ3n) is 8.02. The Hall–Kier alpha value is -3.86. The number of imidazole rings is 2. The molecule has 0 amide bonds. The Kier molecular flexibility index (Phi) is 8.69. The van der Waals surface area contributed by atoms with Crippen LogP contribution in [0.4, 0.5) is 0 Å². The first-order valence-corrected chi connectivity index (χ1v) is 15.2. The molecule has 10 nitrogen and oxygen atoms in total. The zero-order valence-electron chi connectivity index (χ0n) is 23.9. The highest BCUT2D eigenvalue weighted by atomic mass is 35.5. The lowest BCUT2D eigenvalue weighted by Crippen LogP contribution is -2.35. The summed E-state index contributed by atoms with van der Waals surface area (Å²) >= 11 is 12.2. The van der Waals surface area contributed by atoms with Crippen LogP contribution >= 0.6 is 23.2 Å². The number of ether oxygens (including phenoxy) is 1. The minimum absolute atomic E-state index is 0.257. The number of hydrogen-bond acceptors (Lipinski definition) is 6. The van der Waals surface area contributed by atoms with Crippen LogP contribution in [0.3, 0.4) is 0 Å². The fourth-order valence-electron chi connectivity index (χ4n) is 5.65. The molecule has 0 spiro atoms. The molecule has 0 bridgehead atoms. The molecule has 3 aromatic heterocycles. The Morgan fingerprint density at radius 3 is 2.70 bits per heavy atom. The van der Waals surface area contributed by atoms with Crippen molar-refractivity contribution in [2.45, 2.75) is 52.6 Å². The van der Waals surface area contributed by atoms with E-state index < -0.39 is 5.97 Å². The van der Waals surface area contributed by atoms with Gasteiger partial charge in [0.25, 0.3) is 0 Å². The van der Waals surface area contributed by atoms with Crippen LogP contribution in [0.1, 0.15) is 47.3 Å². The molecular weight excluding hydrogens is 589 g/mol. The van der Waals surface area contributed by atoms with Gasteiger partial charge in [-0.3, -0.25) is 9.58 Å². The summed E-state index contributed by atoms with van der Waals surface area (Å²) in [5.41, 5.74) is 3.78. The lowest BCUT2D eigenvalue weighted by atomic mass is 9.97. The number of aryl methyl sites for hydroxylation is 1. The van der Waals surface area contributed by atoms with Crippen LogP contribution in [0.2, 0.25) is 10.0 Å². The van der Waals surface area contributed by atoms with Crippen LogP contribution < -0.4 is 4.74 Å². The number of likely N-dealkylation sites (tertiary alicyclic amines) is 1. The predicted octanol–water partition coefficient (Wildman–Crippen LogP) is 5.99. The van der Waals surface area contributed by atoms with Gasteiger partial charge in [-0.25, -0.2) is 14.8 Å². The number of benzene rings is 2. The Morgan fingerprint density at radius 1 is 1.09 bits per heavy atom. The van der Waals surface area contributed by atoms with E-state index in [0.717, 1.165) is 67.3 Å². The van der Waals surface area contributed by atoms with Gasteiger partial charge in [-0.2, -0.15) is 5.10 Å². The van der Waals surface area contributed by atoms with Crippen molar-refractivity contribution in [3.05, 3.63) is 94.0 Å². The zero-order chi connectivity index (χ0) is 29.9. The molecule has 224 valence electrons. The minimum atomic E-state index is -0.945. The number of aromatic carboxylic acids is 1. The maximum atomic E-state index is 11.7. The molecule has 4 heterocycles. The number of carbonyl (C=O) groups is 1. The summed E-state index contributed by atoms with van der Waals surface area (Å²) in [6.07, 6.45) is 7.80. The van der Waals surface area contributed by atoms with Gasteiger partial charge >= 0.3 is 5.97 Å². The van der Waals surface area contributed by atoms with Gasteiger partial charge in [-0.05, 0) is 81.2 Å². The maximum Gasteiger partial charge on any atom is 0.335 e. The second-order valence-electron chi connectivity index (χ2n) is 10.9. The van der Waals surface area contributed by atoms with E-state index in [1.54, 1.807) is 36.4 Å². The van der Waals surface area contributed by atoms with Crippen molar-refractivity contribution < 1.29 is 14.6 Å². The minimum Gasteiger partial charge on any atom is -0.486 e. The van der Waals surface area contributed by atoms with Crippen molar-refractivity contribution in [2.24, 2.45) is 5.92 Å². The van der Waals surface area contributed by atoms with E-state index >= 15 is 0 Å². The highest BCUT2D eigenvalue weighted by Gasteiger charge is 2.23. The van der Waals surface area contributed by atoms with Crippen LogP contribution in [-0.4, -0.2) is 57.9 Å². The normalized spacial score (nSPS) is 14.5. The summed E-state index contributed by atoms with van der Waals surface area (Å²) in [4.78, 5) is 23.4. The molecule has 0 saturated carbocycles. The first-order valence-electron chi connectivity index (χ1n) is 14.4. The standard InChI is InChI=1S/C31H33Cl2N7O3/c1-2-38-20-34-15-25(38)17-40-28-13-22(31(41)42)3-5-27(28)35-30(40)18-37-10-7-21(8-11-37)16-39-12-9-24(36-39)19-43-29-6-4-23(32)14-26(29)33/h3-6,9,12-15,20-21H,2,7-8,10-11,16-19H2,1H3,(H,41,42). The van der Waals surface area contributed by atoms with E-state index in [-0.39, 0.29) is 5.56 Å². The van der Waals surface area contributed by atoms with E-state index in [1.165, 1.54) is 0 Å². The van der Waals surface area contributed by atoms with Crippen molar-refractivity contribution in [2.75, 3.05) is 13.1 Å². The number of halogens is 2. The summed E-state index contributed by atoms with van der Waals surface area (Å²) in [5.74, 6) is 1.09. The molecule has 12 heteroatoms. The van der Waals surface area contributed by atoms with E-state index in [0.29, 0.717) is 41.4 Å². The molecule has 6 rings (SSSR count). The summed E-state index contributed by atoms with van der Waals surface area (Å²) < 4.78 is 12.1. The molecule has 1 aliphatic heterocycles. The van der Waals surface area contributed by atoms with Crippen molar-refractivity contribution in [1.29, 1.82) is 0 Å². The van der Waals surface area contributed by atoms with E-state index in [4.69, 9.17) is 38.0 Å². The quantitative estimate of drug-likeness (QED) is 0.193. The smallest absolute Gasteiger partial charge is 0.335 e. The van der Waals surface area contributed by atoms with E-state index in [2.05, 4.69) is 25.9 Å². The van der Waals surface area contributed by atoms with E-state index in [9.17, 15) is 9.90 Å². The zero-order valence-corrected chi connectivity index (χ0v) is 25.4. The number of hydrogen-bond donors (Lipinski definition) is 1. The molecule has 1 saturated heterocycles. The maximum absolute atomic E-state index is 11.7. The van der Waals surface area contributed by atoms with Gasteiger partial charge in [0.05, 0.1) is 52.4 Å². The average Bonchev–Trinajstić information content (AvgIpc) is 3.72. The lowest BCUT2D eigenvalue weighted by Gasteiger charge is -2.31. The molecule has 0 aliphatic carbocycles. The van der Waals surface area contributed by atoms with Gasteiger partial charge in [0.1, 0.15) is 18.2 Å². The predicted molar refractivity (Wildman–Crippen MR) is 165 cm³/mol. The number of nitrogens with zero attached hydrogens (tertiary/aromatic N) is 7. The molecular formula is C31H33Cl2N7O3. The lowest BCUT2D eigenvalue weighted by molar-refractivity contribution is 0.0697. The van der Waals surface area contributed by atoms with Crippen LogP contribution in [0.15, 0.2) is 61.2 Å². The SMILES string of the molecule is CCn1cncc1Cn1c(CN2CCC(Cn3ccc(COc4ccc(Cl)cc4Cl)n3)CC2)nc2ccc(C(=O)O)cc21. The highest BCUT2D eigenvalue weighted by Crippen LogP contribution is 2.28. The number of aromatic nitrogens is 6. The van der Waals surface area contributed by atoms with Crippen molar-refractivity contribution in [3.8, 4) is 5.75 Å². The first-order chi connectivity index (χ1) is 20.9. The molecule has 5 aromatic rings. The Labute approximate surface area is 259 Å². The second kappa shape index (κ2) is 12.8. The van der Waals surface area contributed by atoms with Gasteiger partial charge in [0.15, 0.2) is 0 Å². The summed E-state index contributed by atoms with van der Waals surface area (Å²) in [6, 6.07) is 12.3. The third kappa shape index (κ3) is 6.71. The second-order valence-corrected chi connectivity index (χ2v) is 11.7. The van der Waals surface area contributed by atoms with Crippen LogP contribution in [0.25, 0.3) is 11.0 Å². The fourth-order valence-corrected chi connectivity index (χ4v) is 6.11. The van der Waals surface area contributed by atoms with Gasteiger partial charge in [0.2, 0.25) is 0 Å². The van der Waals surface area contributed by atoms with Crippen molar-refractivity contribution in [3.63, 3.8) is 0 Å². The molecule has 1 N–H and O–H groups in total. The summed E-state index contributed by atoms with van der Waals surface area (Å²) in [5, 5.41) is 15.3. The van der Waals surface area contributed by atoms with Gasteiger partial charge < -0.3 is 19.0 Å². The van der Waals surface area contributed by atoms with E-state index in [1.807, 2.05) is 29.5 Å². The topological polar surface area (TPSA) is 103 Å². The number of rotatable bonds is 11. The summed E-state index contributed by atoms with van der Waals surface area (Å²) in [7, 11) is 0. The fraction of sp³-hybridized carbons (Fsp3) is 0.355. The number of carboxylic acids is 1. The van der Waals surface area contributed by atoms with Crippen LogP contribution in [0, 0.1) is 5.92 Å². The van der Waals surface area contributed by atoms with Gasteiger partial charge in [-0.15, -0.1) is 0 Å². The molecule has 0 unspecified atom stereocenters. The number of piperidine rings is 1. The van der Waals surface area contributed by atoms with Crippen molar-refractivity contribution >= 4 is 40.2 Å². The Bertz CT molecular complexity index is 1740. The molecule has 0 atom stereocenters. The first kappa shape index (κ1) is 29.2. The Morgan fingerprint density at radius 2 is 1.93 bits per heavy atom. The molecule has 43 heavy (non-hydrogen) atoms. The number of fused-ring (bicyclic) bond motifs is 1.